The van der Waals surface area contributed by atoms with Crippen molar-refractivity contribution in [1.29, 1.82) is 0 Å². The summed E-state index contributed by atoms with van der Waals surface area (Å²) in [7, 11) is 0. The Morgan fingerprint density at radius 1 is 1.25 bits per heavy atom. The Balaban J connectivity index is 1.63. The average molecular weight is 336 g/mol. The molecule has 1 aromatic carbocycles. The Hall–Kier alpha value is -1.01. The summed E-state index contributed by atoms with van der Waals surface area (Å²) in [4.78, 5) is 2.57. The molecule has 4 nitrogen and oxygen atoms in total. The number of rotatable bonds is 6. The molecule has 2 aliphatic rings. The highest BCUT2D eigenvalue weighted by Gasteiger charge is 2.44. The molecule has 2 fully saturated rings. The van der Waals surface area contributed by atoms with Gasteiger partial charge >= 0.3 is 0 Å². The van der Waals surface area contributed by atoms with E-state index in [1.807, 2.05) is 0 Å². The lowest BCUT2D eigenvalue weighted by Gasteiger charge is -2.47. The highest BCUT2D eigenvalue weighted by Crippen LogP contribution is 2.38. The van der Waals surface area contributed by atoms with Crippen LogP contribution in [0.5, 0.6) is 0 Å². The quantitative estimate of drug-likeness (QED) is 0.838. The molecule has 0 bridgehead atoms. The van der Waals surface area contributed by atoms with E-state index in [1.165, 1.54) is 31.7 Å². The number of hydrogen-bond donors (Lipinski definition) is 2. The maximum absolute atomic E-state index is 13.8. The van der Waals surface area contributed by atoms with Crippen LogP contribution in [0.15, 0.2) is 24.3 Å². The van der Waals surface area contributed by atoms with Gasteiger partial charge in [0.15, 0.2) is 0 Å². The van der Waals surface area contributed by atoms with Crippen LogP contribution in [-0.2, 0) is 4.74 Å². The van der Waals surface area contributed by atoms with E-state index in [1.54, 1.807) is 18.2 Å². The monoisotopic (exact) mass is 336 g/mol. The third kappa shape index (κ3) is 3.64. The number of nitrogens with zero attached hydrogens (tertiary/aromatic N) is 1. The number of halogens is 1. The number of aliphatic hydroxyl groups is 1. The lowest BCUT2D eigenvalue weighted by Crippen LogP contribution is -2.61. The van der Waals surface area contributed by atoms with E-state index in [0.29, 0.717) is 12.1 Å². The van der Waals surface area contributed by atoms with Crippen LogP contribution >= 0.6 is 0 Å². The van der Waals surface area contributed by atoms with Crippen molar-refractivity contribution in [2.75, 3.05) is 32.8 Å². The molecule has 1 heterocycles. The second kappa shape index (κ2) is 7.91. The van der Waals surface area contributed by atoms with Crippen molar-refractivity contribution in [3.8, 4) is 0 Å². The van der Waals surface area contributed by atoms with Gasteiger partial charge in [-0.3, -0.25) is 4.90 Å². The predicted molar refractivity (Wildman–Crippen MR) is 92.4 cm³/mol. The molecule has 0 amide bonds. The normalized spacial score (nSPS) is 24.0. The number of nitrogens with one attached hydrogen (secondary N) is 1. The standard InChI is InChI=1S/C19H29FN2O2/c1-15(21-14-18(23)16-6-2-3-7-17(16)20)19(8-4-5-9-19)22-10-12-24-13-11-22/h2-3,6-7,15,18,21,23H,4-5,8-14H2,1H3. The van der Waals surface area contributed by atoms with Crippen molar-refractivity contribution in [3.63, 3.8) is 0 Å². The fourth-order valence-electron chi connectivity index (χ4n) is 4.35. The summed E-state index contributed by atoms with van der Waals surface area (Å²) in [5.41, 5.74) is 0.502. The van der Waals surface area contributed by atoms with Gasteiger partial charge in [-0.1, -0.05) is 31.0 Å². The van der Waals surface area contributed by atoms with Crippen molar-refractivity contribution in [2.45, 2.75) is 50.3 Å². The van der Waals surface area contributed by atoms with Crippen molar-refractivity contribution in [1.82, 2.24) is 10.2 Å². The first-order valence-electron chi connectivity index (χ1n) is 9.12. The van der Waals surface area contributed by atoms with Crippen LogP contribution in [0.3, 0.4) is 0 Å². The van der Waals surface area contributed by atoms with Crippen LogP contribution in [-0.4, -0.2) is 54.4 Å². The molecule has 2 atom stereocenters. The summed E-state index contributed by atoms with van der Waals surface area (Å²) in [5, 5.41) is 13.8. The predicted octanol–water partition coefficient (Wildman–Crippen LogP) is 2.48. The van der Waals surface area contributed by atoms with Crippen LogP contribution < -0.4 is 5.32 Å². The van der Waals surface area contributed by atoms with Crippen molar-refractivity contribution in [3.05, 3.63) is 35.6 Å². The van der Waals surface area contributed by atoms with Crippen LogP contribution in [0.25, 0.3) is 0 Å². The summed E-state index contributed by atoms with van der Waals surface area (Å²) >= 11 is 0. The number of benzene rings is 1. The second-order valence-electron chi connectivity index (χ2n) is 7.08. The first kappa shape index (κ1) is 17.8. The lowest BCUT2D eigenvalue weighted by molar-refractivity contribution is -0.0345. The van der Waals surface area contributed by atoms with Crippen LogP contribution in [0, 0.1) is 5.82 Å². The molecule has 1 saturated carbocycles. The molecular weight excluding hydrogens is 307 g/mol. The van der Waals surface area contributed by atoms with E-state index in [0.717, 1.165) is 26.3 Å². The minimum absolute atomic E-state index is 0.138. The van der Waals surface area contributed by atoms with Crippen LogP contribution in [0.2, 0.25) is 0 Å². The average Bonchev–Trinajstić information content (AvgIpc) is 3.11. The summed E-state index contributed by atoms with van der Waals surface area (Å²) in [6, 6.07) is 6.71. The summed E-state index contributed by atoms with van der Waals surface area (Å²) in [6.45, 7) is 6.12. The van der Waals surface area contributed by atoms with Crippen molar-refractivity contribution < 1.29 is 14.2 Å². The molecule has 1 aliphatic carbocycles. The lowest BCUT2D eigenvalue weighted by atomic mass is 9.86. The molecule has 0 radical (unpaired) electrons. The fraction of sp³-hybridized carbons (Fsp3) is 0.684. The van der Waals surface area contributed by atoms with E-state index < -0.39 is 6.10 Å². The zero-order valence-electron chi connectivity index (χ0n) is 14.5. The third-order valence-corrected chi connectivity index (χ3v) is 5.80. The zero-order valence-corrected chi connectivity index (χ0v) is 14.5. The maximum Gasteiger partial charge on any atom is 0.129 e. The van der Waals surface area contributed by atoms with Gasteiger partial charge < -0.3 is 15.2 Å². The highest BCUT2D eigenvalue weighted by atomic mass is 19.1. The first-order valence-corrected chi connectivity index (χ1v) is 9.12. The van der Waals surface area contributed by atoms with E-state index in [9.17, 15) is 9.50 Å². The van der Waals surface area contributed by atoms with E-state index in [2.05, 4.69) is 17.1 Å². The Morgan fingerprint density at radius 3 is 2.58 bits per heavy atom. The zero-order chi connectivity index (χ0) is 17.0. The molecule has 24 heavy (non-hydrogen) atoms. The molecule has 1 saturated heterocycles. The number of ether oxygens (including phenoxy) is 1. The largest absolute Gasteiger partial charge is 0.387 e. The van der Waals surface area contributed by atoms with Gasteiger partial charge in [-0.2, -0.15) is 0 Å². The van der Waals surface area contributed by atoms with Gasteiger partial charge in [0, 0.05) is 36.8 Å². The Bertz CT molecular complexity index is 528. The van der Waals surface area contributed by atoms with Crippen LogP contribution in [0.1, 0.15) is 44.3 Å². The maximum atomic E-state index is 13.8. The Morgan fingerprint density at radius 2 is 1.92 bits per heavy atom. The van der Waals surface area contributed by atoms with Gasteiger partial charge in [-0.05, 0) is 25.8 Å². The summed E-state index contributed by atoms with van der Waals surface area (Å²) < 4.78 is 19.3. The topological polar surface area (TPSA) is 44.7 Å². The van der Waals surface area contributed by atoms with Gasteiger partial charge in [0.05, 0.1) is 19.3 Å². The molecule has 134 valence electrons. The second-order valence-corrected chi connectivity index (χ2v) is 7.08. The van der Waals surface area contributed by atoms with Crippen LogP contribution in [0.4, 0.5) is 4.39 Å². The molecule has 2 unspecified atom stereocenters. The van der Waals surface area contributed by atoms with Crippen molar-refractivity contribution in [2.24, 2.45) is 0 Å². The van der Waals surface area contributed by atoms with Gasteiger partial charge in [-0.25, -0.2) is 4.39 Å². The summed E-state index contributed by atoms with van der Waals surface area (Å²) in [6.07, 6.45) is 4.03. The van der Waals surface area contributed by atoms with Gasteiger partial charge in [0.2, 0.25) is 0 Å². The third-order valence-electron chi connectivity index (χ3n) is 5.80. The molecule has 1 aliphatic heterocycles. The molecule has 1 aromatic rings. The minimum atomic E-state index is -0.822. The Labute approximate surface area is 144 Å². The smallest absolute Gasteiger partial charge is 0.129 e. The van der Waals surface area contributed by atoms with Gasteiger partial charge in [-0.15, -0.1) is 0 Å². The fourth-order valence-corrected chi connectivity index (χ4v) is 4.35. The van der Waals surface area contributed by atoms with E-state index in [-0.39, 0.29) is 17.4 Å². The van der Waals surface area contributed by atoms with Gasteiger partial charge in [0.1, 0.15) is 5.82 Å². The Kier molecular flexibility index (Phi) is 5.87. The van der Waals surface area contributed by atoms with E-state index >= 15 is 0 Å². The minimum Gasteiger partial charge on any atom is -0.387 e. The molecular formula is C19H29FN2O2. The number of hydrogen-bond acceptors (Lipinski definition) is 4. The SMILES string of the molecule is CC(NCC(O)c1ccccc1F)C1(N2CCOCC2)CCCC1. The molecule has 0 aromatic heterocycles. The molecule has 3 rings (SSSR count). The molecule has 0 spiro atoms. The first-order chi connectivity index (χ1) is 11.6. The number of aliphatic hydroxyl groups excluding tert-OH is 1. The number of morpholine rings is 1. The molecule has 2 N–H and O–H groups in total. The highest BCUT2D eigenvalue weighted by molar-refractivity contribution is 5.20. The van der Waals surface area contributed by atoms with E-state index in [4.69, 9.17) is 4.74 Å². The molecule has 5 heteroatoms. The van der Waals surface area contributed by atoms with Gasteiger partial charge in [0.25, 0.3) is 0 Å². The summed E-state index contributed by atoms with van der Waals surface area (Å²) in [5.74, 6) is -0.344. The van der Waals surface area contributed by atoms with Crippen molar-refractivity contribution >= 4 is 0 Å².